The lowest BCUT2D eigenvalue weighted by molar-refractivity contribution is 0.0122. The van der Waals surface area contributed by atoms with Crippen LogP contribution in [0.3, 0.4) is 0 Å². The summed E-state index contributed by atoms with van der Waals surface area (Å²) in [4.78, 5) is 5.28. The van der Waals surface area contributed by atoms with Crippen molar-refractivity contribution >= 4 is 0 Å². The molecule has 0 saturated carbocycles. The number of rotatable bonds is 4. The molecule has 2 aliphatic rings. The SMILES string of the molecule is CC(CC1CCN(CC(C)(C)C)CC1)N1CCOCC1. The summed E-state index contributed by atoms with van der Waals surface area (Å²) in [6.07, 6.45) is 4.17. The number of hydrogen-bond acceptors (Lipinski definition) is 3. The smallest absolute Gasteiger partial charge is 0.0594 e. The Morgan fingerprint density at radius 1 is 1.05 bits per heavy atom. The van der Waals surface area contributed by atoms with E-state index in [0.29, 0.717) is 5.41 Å². The molecule has 0 spiro atoms. The van der Waals surface area contributed by atoms with Crippen LogP contribution in [-0.4, -0.2) is 61.8 Å². The highest BCUT2D eigenvalue weighted by Gasteiger charge is 2.26. The van der Waals surface area contributed by atoms with Gasteiger partial charge in [-0.05, 0) is 50.6 Å². The molecule has 1 unspecified atom stereocenters. The summed E-state index contributed by atoms with van der Waals surface area (Å²) in [7, 11) is 0. The van der Waals surface area contributed by atoms with Crippen LogP contribution in [0.4, 0.5) is 0 Å². The van der Waals surface area contributed by atoms with Gasteiger partial charge in [0.25, 0.3) is 0 Å². The molecule has 3 nitrogen and oxygen atoms in total. The van der Waals surface area contributed by atoms with Crippen molar-refractivity contribution < 1.29 is 4.74 Å². The van der Waals surface area contributed by atoms with Crippen molar-refractivity contribution in [3.63, 3.8) is 0 Å². The molecule has 118 valence electrons. The fourth-order valence-corrected chi connectivity index (χ4v) is 3.70. The highest BCUT2D eigenvalue weighted by Crippen LogP contribution is 2.26. The average Bonchev–Trinajstić information content (AvgIpc) is 2.40. The lowest BCUT2D eigenvalue weighted by Crippen LogP contribution is -2.44. The van der Waals surface area contributed by atoms with Gasteiger partial charge in [-0.3, -0.25) is 4.90 Å². The molecular formula is C17H34N2O. The van der Waals surface area contributed by atoms with E-state index in [9.17, 15) is 0 Å². The lowest BCUT2D eigenvalue weighted by Gasteiger charge is -2.39. The van der Waals surface area contributed by atoms with Crippen LogP contribution >= 0.6 is 0 Å². The molecule has 20 heavy (non-hydrogen) atoms. The maximum absolute atomic E-state index is 5.45. The van der Waals surface area contributed by atoms with Crippen LogP contribution in [0.2, 0.25) is 0 Å². The highest BCUT2D eigenvalue weighted by atomic mass is 16.5. The maximum atomic E-state index is 5.45. The summed E-state index contributed by atoms with van der Waals surface area (Å²) in [5, 5.41) is 0. The minimum atomic E-state index is 0.438. The van der Waals surface area contributed by atoms with Gasteiger partial charge < -0.3 is 9.64 Å². The summed E-state index contributed by atoms with van der Waals surface area (Å²) in [5.41, 5.74) is 0.438. The summed E-state index contributed by atoms with van der Waals surface area (Å²) in [6.45, 7) is 17.4. The molecule has 0 aromatic heterocycles. The number of morpholine rings is 1. The molecule has 2 aliphatic heterocycles. The topological polar surface area (TPSA) is 15.7 Å². The van der Waals surface area contributed by atoms with Crippen molar-refractivity contribution in [3.8, 4) is 0 Å². The van der Waals surface area contributed by atoms with E-state index in [-0.39, 0.29) is 0 Å². The first-order valence-corrected chi connectivity index (χ1v) is 8.48. The van der Waals surface area contributed by atoms with Crippen LogP contribution in [0.1, 0.15) is 47.0 Å². The summed E-state index contributed by atoms with van der Waals surface area (Å²) < 4.78 is 5.45. The molecule has 2 rings (SSSR count). The third kappa shape index (κ3) is 5.34. The molecule has 0 amide bonds. The van der Waals surface area contributed by atoms with Crippen LogP contribution in [-0.2, 0) is 4.74 Å². The van der Waals surface area contributed by atoms with E-state index in [1.165, 1.54) is 38.9 Å². The molecule has 1 atom stereocenters. The van der Waals surface area contributed by atoms with E-state index in [2.05, 4.69) is 37.5 Å². The monoisotopic (exact) mass is 282 g/mol. The molecule has 0 aliphatic carbocycles. The standard InChI is InChI=1S/C17H34N2O/c1-15(19-9-11-20-12-10-19)13-16-5-7-18(8-6-16)14-17(2,3)4/h15-16H,5-14H2,1-4H3. The molecule has 2 fully saturated rings. The second-order valence-electron chi connectivity index (χ2n) is 8.01. The molecule has 2 saturated heterocycles. The normalized spacial score (nSPS) is 25.8. The number of ether oxygens (including phenoxy) is 1. The van der Waals surface area contributed by atoms with Gasteiger partial charge >= 0.3 is 0 Å². The van der Waals surface area contributed by atoms with Crippen LogP contribution in [0.25, 0.3) is 0 Å². The zero-order valence-corrected chi connectivity index (χ0v) is 14.0. The van der Waals surface area contributed by atoms with Gasteiger partial charge in [0.2, 0.25) is 0 Å². The van der Waals surface area contributed by atoms with Gasteiger partial charge in [-0.2, -0.15) is 0 Å². The van der Waals surface area contributed by atoms with E-state index >= 15 is 0 Å². The fraction of sp³-hybridized carbons (Fsp3) is 1.00. The Labute approximate surface area is 125 Å². The quantitative estimate of drug-likeness (QED) is 0.788. The average molecular weight is 282 g/mol. The molecule has 0 aromatic rings. The first-order valence-electron chi connectivity index (χ1n) is 8.48. The van der Waals surface area contributed by atoms with Crippen LogP contribution in [0.5, 0.6) is 0 Å². The van der Waals surface area contributed by atoms with Gasteiger partial charge in [-0.15, -0.1) is 0 Å². The summed E-state index contributed by atoms with van der Waals surface area (Å²) >= 11 is 0. The molecule has 3 heteroatoms. The van der Waals surface area contributed by atoms with E-state index < -0.39 is 0 Å². The largest absolute Gasteiger partial charge is 0.379 e. The molecular weight excluding hydrogens is 248 g/mol. The second kappa shape index (κ2) is 7.24. The number of nitrogens with zero attached hydrogens (tertiary/aromatic N) is 2. The molecule has 0 aromatic carbocycles. The Kier molecular flexibility index (Phi) is 5.88. The Hall–Kier alpha value is -0.120. The Morgan fingerprint density at radius 2 is 1.65 bits per heavy atom. The molecule has 0 radical (unpaired) electrons. The minimum Gasteiger partial charge on any atom is -0.379 e. The van der Waals surface area contributed by atoms with Crippen molar-refractivity contribution in [2.24, 2.45) is 11.3 Å². The van der Waals surface area contributed by atoms with Gasteiger partial charge in [0, 0.05) is 25.7 Å². The Bertz CT molecular complexity index is 273. The zero-order valence-electron chi connectivity index (χ0n) is 14.0. The molecule has 0 N–H and O–H groups in total. The van der Waals surface area contributed by atoms with E-state index in [0.717, 1.165) is 38.3 Å². The van der Waals surface area contributed by atoms with Gasteiger partial charge in [-0.25, -0.2) is 0 Å². The number of piperidine rings is 1. The third-order valence-corrected chi connectivity index (χ3v) is 4.75. The van der Waals surface area contributed by atoms with Crippen molar-refractivity contribution in [1.29, 1.82) is 0 Å². The van der Waals surface area contributed by atoms with Gasteiger partial charge in [0.1, 0.15) is 0 Å². The number of likely N-dealkylation sites (tertiary alicyclic amines) is 1. The van der Waals surface area contributed by atoms with Gasteiger partial charge in [0.15, 0.2) is 0 Å². The number of hydrogen-bond donors (Lipinski definition) is 0. The fourth-order valence-electron chi connectivity index (χ4n) is 3.70. The molecule has 2 heterocycles. The zero-order chi connectivity index (χ0) is 14.6. The van der Waals surface area contributed by atoms with Crippen molar-refractivity contribution in [1.82, 2.24) is 9.80 Å². The highest BCUT2D eigenvalue weighted by molar-refractivity contribution is 4.80. The van der Waals surface area contributed by atoms with Crippen LogP contribution in [0.15, 0.2) is 0 Å². The molecule has 0 bridgehead atoms. The minimum absolute atomic E-state index is 0.438. The predicted octanol–water partition coefficient (Wildman–Crippen LogP) is 2.86. The first kappa shape index (κ1) is 16.3. The van der Waals surface area contributed by atoms with E-state index in [4.69, 9.17) is 4.74 Å². The van der Waals surface area contributed by atoms with E-state index in [1.807, 2.05) is 0 Å². The van der Waals surface area contributed by atoms with Crippen LogP contribution < -0.4 is 0 Å². The van der Waals surface area contributed by atoms with Crippen molar-refractivity contribution in [2.75, 3.05) is 45.9 Å². The third-order valence-electron chi connectivity index (χ3n) is 4.75. The summed E-state index contributed by atoms with van der Waals surface area (Å²) in [6, 6.07) is 0.734. The predicted molar refractivity (Wildman–Crippen MR) is 85.1 cm³/mol. The maximum Gasteiger partial charge on any atom is 0.0594 e. The van der Waals surface area contributed by atoms with Gasteiger partial charge in [-0.1, -0.05) is 20.8 Å². The van der Waals surface area contributed by atoms with Crippen LogP contribution in [0, 0.1) is 11.3 Å². The lowest BCUT2D eigenvalue weighted by atomic mass is 9.88. The second-order valence-corrected chi connectivity index (χ2v) is 8.01. The van der Waals surface area contributed by atoms with Gasteiger partial charge in [0.05, 0.1) is 13.2 Å². The van der Waals surface area contributed by atoms with Crippen molar-refractivity contribution in [3.05, 3.63) is 0 Å². The first-order chi connectivity index (χ1) is 9.44. The Morgan fingerprint density at radius 3 is 2.20 bits per heavy atom. The van der Waals surface area contributed by atoms with Crippen molar-refractivity contribution in [2.45, 2.75) is 53.0 Å². The summed E-state index contributed by atoms with van der Waals surface area (Å²) in [5.74, 6) is 0.934. The van der Waals surface area contributed by atoms with E-state index in [1.54, 1.807) is 0 Å². The Balaban J connectivity index is 1.68.